The van der Waals surface area contributed by atoms with Crippen molar-refractivity contribution in [1.29, 1.82) is 0 Å². The highest BCUT2D eigenvalue weighted by Gasteiger charge is 2.08. The van der Waals surface area contributed by atoms with E-state index in [9.17, 15) is 9.59 Å². The van der Waals surface area contributed by atoms with E-state index in [1.54, 1.807) is 36.4 Å². The van der Waals surface area contributed by atoms with E-state index in [0.29, 0.717) is 16.8 Å². The number of amides is 1. The second-order valence-electron chi connectivity index (χ2n) is 4.74. The zero-order valence-electron chi connectivity index (χ0n) is 11.4. The van der Waals surface area contributed by atoms with E-state index in [1.165, 1.54) is 0 Å². The molecule has 5 heteroatoms. The Bertz CT molecular complexity index is 677. The lowest BCUT2D eigenvalue weighted by Crippen LogP contribution is -2.12. The molecule has 0 spiro atoms. The molecule has 0 bridgehead atoms. The second kappa shape index (κ2) is 6.54. The van der Waals surface area contributed by atoms with Crippen LogP contribution in [0.15, 0.2) is 46.9 Å². The predicted octanol–water partition coefficient (Wildman–Crippen LogP) is 3.64. The van der Waals surface area contributed by atoms with Gasteiger partial charge in [0.25, 0.3) is 5.91 Å². The van der Waals surface area contributed by atoms with E-state index >= 15 is 0 Å². The molecule has 0 aliphatic rings. The molecule has 0 aromatic heterocycles. The highest BCUT2D eigenvalue weighted by molar-refractivity contribution is 9.10. The number of halogens is 1. The smallest absolute Gasteiger partial charge is 0.307 e. The van der Waals surface area contributed by atoms with E-state index in [2.05, 4.69) is 21.2 Å². The third kappa shape index (κ3) is 4.43. The number of carbonyl (C=O) groups excluding carboxylic acids is 1. The van der Waals surface area contributed by atoms with Gasteiger partial charge in [-0.05, 0) is 48.4 Å². The first kappa shape index (κ1) is 15.3. The summed E-state index contributed by atoms with van der Waals surface area (Å²) in [6, 6.07) is 12.3. The highest BCUT2D eigenvalue weighted by atomic mass is 79.9. The molecule has 2 N–H and O–H groups in total. The van der Waals surface area contributed by atoms with Gasteiger partial charge in [0.05, 0.1) is 6.42 Å². The minimum atomic E-state index is -0.902. The molecule has 2 aromatic rings. The fraction of sp³-hybridized carbons (Fsp3) is 0.125. The Kier molecular flexibility index (Phi) is 4.75. The molecule has 0 fully saturated rings. The quantitative estimate of drug-likeness (QED) is 0.887. The first-order valence-electron chi connectivity index (χ1n) is 6.33. The van der Waals surface area contributed by atoms with Crippen molar-refractivity contribution in [2.75, 3.05) is 5.32 Å². The van der Waals surface area contributed by atoms with Crippen molar-refractivity contribution in [3.63, 3.8) is 0 Å². The molecule has 0 saturated heterocycles. The lowest BCUT2D eigenvalue weighted by Gasteiger charge is -2.08. The Labute approximate surface area is 130 Å². The molecule has 0 atom stereocenters. The average molecular weight is 348 g/mol. The molecule has 1 amide bonds. The minimum Gasteiger partial charge on any atom is -0.481 e. The molecule has 21 heavy (non-hydrogen) atoms. The standard InChI is InChI=1S/C16H14BrNO3/c1-10-5-12(9-13(17)6-10)16(21)18-14-4-2-3-11(7-14)8-15(19)20/h2-7,9H,8H2,1H3,(H,18,21)(H,19,20). The summed E-state index contributed by atoms with van der Waals surface area (Å²) in [5.74, 6) is -1.13. The van der Waals surface area contributed by atoms with E-state index < -0.39 is 5.97 Å². The van der Waals surface area contributed by atoms with Crippen LogP contribution in [-0.2, 0) is 11.2 Å². The summed E-state index contributed by atoms with van der Waals surface area (Å²) in [5.41, 5.74) is 2.75. The van der Waals surface area contributed by atoms with Gasteiger partial charge in [-0.25, -0.2) is 0 Å². The predicted molar refractivity (Wildman–Crippen MR) is 84.6 cm³/mol. The summed E-state index contributed by atoms with van der Waals surface area (Å²) in [7, 11) is 0. The summed E-state index contributed by atoms with van der Waals surface area (Å²) in [5, 5.41) is 11.6. The molecule has 2 rings (SSSR count). The molecular weight excluding hydrogens is 334 g/mol. The summed E-state index contributed by atoms with van der Waals surface area (Å²) >= 11 is 3.36. The maximum atomic E-state index is 12.2. The van der Waals surface area contributed by atoms with Gasteiger partial charge in [0.1, 0.15) is 0 Å². The van der Waals surface area contributed by atoms with Crippen LogP contribution in [0.5, 0.6) is 0 Å². The zero-order chi connectivity index (χ0) is 15.4. The van der Waals surface area contributed by atoms with Gasteiger partial charge >= 0.3 is 5.97 Å². The Morgan fingerprint density at radius 1 is 1.19 bits per heavy atom. The van der Waals surface area contributed by atoms with Crippen LogP contribution in [0.4, 0.5) is 5.69 Å². The van der Waals surface area contributed by atoms with Gasteiger partial charge in [-0.2, -0.15) is 0 Å². The number of rotatable bonds is 4. The van der Waals surface area contributed by atoms with E-state index in [4.69, 9.17) is 5.11 Å². The number of aryl methyl sites for hydroxylation is 1. The van der Waals surface area contributed by atoms with E-state index in [1.807, 2.05) is 13.0 Å². The van der Waals surface area contributed by atoms with Gasteiger partial charge in [0, 0.05) is 15.7 Å². The molecule has 0 radical (unpaired) electrons. The number of hydrogen-bond donors (Lipinski definition) is 2. The number of nitrogens with one attached hydrogen (secondary N) is 1. The maximum absolute atomic E-state index is 12.2. The van der Waals surface area contributed by atoms with Gasteiger partial charge in [0.15, 0.2) is 0 Å². The third-order valence-corrected chi connectivity index (χ3v) is 3.30. The van der Waals surface area contributed by atoms with Crippen molar-refractivity contribution in [1.82, 2.24) is 0 Å². The van der Waals surface area contributed by atoms with Gasteiger partial charge in [-0.1, -0.05) is 28.1 Å². The number of carbonyl (C=O) groups is 2. The first-order valence-corrected chi connectivity index (χ1v) is 7.12. The molecular formula is C16H14BrNO3. The lowest BCUT2D eigenvalue weighted by molar-refractivity contribution is -0.136. The number of carboxylic acid groups (broad SMARTS) is 1. The van der Waals surface area contributed by atoms with Crippen molar-refractivity contribution >= 4 is 33.5 Å². The van der Waals surface area contributed by atoms with Gasteiger partial charge < -0.3 is 10.4 Å². The van der Waals surface area contributed by atoms with Gasteiger partial charge in [-0.3, -0.25) is 9.59 Å². The second-order valence-corrected chi connectivity index (χ2v) is 5.66. The Morgan fingerprint density at radius 3 is 2.62 bits per heavy atom. The summed E-state index contributed by atoms with van der Waals surface area (Å²) in [4.78, 5) is 22.9. The molecule has 0 aliphatic heterocycles. The first-order chi connectivity index (χ1) is 9.94. The fourth-order valence-corrected chi connectivity index (χ4v) is 2.61. The number of aliphatic carboxylic acids is 1. The maximum Gasteiger partial charge on any atom is 0.307 e. The van der Waals surface area contributed by atoms with Crippen LogP contribution in [0.25, 0.3) is 0 Å². The number of benzene rings is 2. The van der Waals surface area contributed by atoms with Crippen LogP contribution >= 0.6 is 15.9 Å². The molecule has 0 saturated carbocycles. The molecule has 108 valence electrons. The van der Waals surface area contributed by atoms with Crippen LogP contribution in [0.3, 0.4) is 0 Å². The Morgan fingerprint density at radius 2 is 1.95 bits per heavy atom. The molecule has 4 nitrogen and oxygen atoms in total. The molecule has 2 aromatic carbocycles. The van der Waals surface area contributed by atoms with Crippen LogP contribution < -0.4 is 5.32 Å². The van der Waals surface area contributed by atoms with Gasteiger partial charge in [0.2, 0.25) is 0 Å². The minimum absolute atomic E-state index is 0.0697. The largest absolute Gasteiger partial charge is 0.481 e. The van der Waals surface area contributed by atoms with E-state index in [0.717, 1.165) is 10.0 Å². The number of hydrogen-bond acceptors (Lipinski definition) is 2. The Balaban J connectivity index is 2.17. The van der Waals surface area contributed by atoms with Crippen molar-refractivity contribution in [3.8, 4) is 0 Å². The normalized spacial score (nSPS) is 10.2. The van der Waals surface area contributed by atoms with Crippen LogP contribution in [-0.4, -0.2) is 17.0 Å². The van der Waals surface area contributed by atoms with Crippen LogP contribution in [0, 0.1) is 6.92 Å². The van der Waals surface area contributed by atoms with Crippen molar-refractivity contribution < 1.29 is 14.7 Å². The zero-order valence-corrected chi connectivity index (χ0v) is 13.0. The van der Waals surface area contributed by atoms with Crippen molar-refractivity contribution in [2.24, 2.45) is 0 Å². The molecule has 0 aliphatic carbocycles. The number of anilines is 1. The topological polar surface area (TPSA) is 66.4 Å². The van der Waals surface area contributed by atoms with Crippen molar-refractivity contribution in [3.05, 3.63) is 63.6 Å². The summed E-state index contributed by atoms with van der Waals surface area (Å²) in [6.07, 6.45) is -0.0697. The Hall–Kier alpha value is -2.14. The van der Waals surface area contributed by atoms with Crippen LogP contribution in [0.2, 0.25) is 0 Å². The summed E-state index contributed by atoms with van der Waals surface area (Å²) in [6.45, 7) is 1.91. The van der Waals surface area contributed by atoms with Crippen LogP contribution in [0.1, 0.15) is 21.5 Å². The van der Waals surface area contributed by atoms with Gasteiger partial charge in [-0.15, -0.1) is 0 Å². The third-order valence-electron chi connectivity index (χ3n) is 2.84. The lowest BCUT2D eigenvalue weighted by atomic mass is 10.1. The highest BCUT2D eigenvalue weighted by Crippen LogP contribution is 2.17. The fourth-order valence-electron chi connectivity index (χ4n) is 2.00. The monoisotopic (exact) mass is 347 g/mol. The number of carboxylic acids is 1. The summed E-state index contributed by atoms with van der Waals surface area (Å²) < 4.78 is 0.840. The average Bonchev–Trinajstić information content (AvgIpc) is 2.37. The van der Waals surface area contributed by atoms with E-state index in [-0.39, 0.29) is 12.3 Å². The van der Waals surface area contributed by atoms with Crippen molar-refractivity contribution in [2.45, 2.75) is 13.3 Å². The molecule has 0 heterocycles. The SMILES string of the molecule is Cc1cc(Br)cc(C(=O)Nc2cccc(CC(=O)O)c2)c1. The molecule has 0 unspecified atom stereocenters.